The summed E-state index contributed by atoms with van der Waals surface area (Å²) in [7, 11) is 0. The van der Waals surface area contributed by atoms with E-state index in [4.69, 9.17) is 9.40 Å². The van der Waals surface area contributed by atoms with Gasteiger partial charge in [-0.25, -0.2) is 4.98 Å². The van der Waals surface area contributed by atoms with Gasteiger partial charge in [0.25, 0.3) is 0 Å². The van der Waals surface area contributed by atoms with Crippen LogP contribution in [0.1, 0.15) is 33.5 Å². The number of furan rings is 1. The Kier molecular flexibility index (Phi) is 9.19. The molecule has 1 radical (unpaired) electrons. The van der Waals surface area contributed by atoms with Gasteiger partial charge in [-0.1, -0.05) is 59.8 Å². The molecule has 0 unspecified atom stereocenters. The molecule has 0 fully saturated rings. The van der Waals surface area contributed by atoms with E-state index in [0.29, 0.717) is 5.71 Å². The summed E-state index contributed by atoms with van der Waals surface area (Å²) in [5.41, 5.74) is 14.4. The van der Waals surface area contributed by atoms with Crippen LogP contribution < -0.4 is 0 Å². The molecule has 0 N–H and O–H groups in total. The smallest absolute Gasteiger partial charge is 0.216 e. The molecule has 7 rings (SSSR count). The number of hydrogen-bond donors (Lipinski definition) is 0. The molecule has 0 aliphatic rings. The third-order valence-corrected chi connectivity index (χ3v) is 7.80. The summed E-state index contributed by atoms with van der Waals surface area (Å²) in [6.07, 6.45) is 1.92. The summed E-state index contributed by atoms with van der Waals surface area (Å²) >= 11 is 0. The predicted molar refractivity (Wildman–Crippen MR) is 176 cm³/mol. The molecule has 221 valence electrons. The van der Waals surface area contributed by atoms with Crippen LogP contribution in [-0.4, -0.2) is 15.0 Å². The maximum atomic E-state index is 6.24. The first-order valence-corrected chi connectivity index (χ1v) is 14.4. The van der Waals surface area contributed by atoms with Crippen molar-refractivity contribution in [3.05, 3.63) is 137 Å². The quantitative estimate of drug-likeness (QED) is 0.169. The SMILES string of the molecule is Cc1c[c-]c(-c2cc(C)c(C)cn2)cc1.Cc1cccc(-c2[c-]ccc3c2oc2nc(-c4c(C)cccc4C)ccc23)n1.[Ir]. The molecule has 7 aromatic rings. The Hall–Kier alpha value is -4.44. The van der Waals surface area contributed by atoms with Crippen LogP contribution in [0.4, 0.5) is 0 Å². The summed E-state index contributed by atoms with van der Waals surface area (Å²) in [6.45, 7) is 12.5. The molecule has 0 saturated heterocycles. The minimum Gasteiger partial charge on any atom is -0.486 e. The van der Waals surface area contributed by atoms with Crippen LogP contribution in [0.25, 0.3) is 55.8 Å². The van der Waals surface area contributed by atoms with Crippen molar-refractivity contribution in [3.63, 3.8) is 0 Å². The van der Waals surface area contributed by atoms with E-state index in [-0.39, 0.29) is 20.1 Å². The van der Waals surface area contributed by atoms with Gasteiger partial charge in [0.1, 0.15) is 0 Å². The van der Waals surface area contributed by atoms with Crippen LogP contribution in [0.3, 0.4) is 0 Å². The number of aromatic nitrogens is 3. The predicted octanol–water partition coefficient (Wildman–Crippen LogP) is 9.91. The third kappa shape index (κ3) is 6.26. The van der Waals surface area contributed by atoms with Gasteiger partial charge in [-0.2, -0.15) is 0 Å². The van der Waals surface area contributed by atoms with E-state index in [9.17, 15) is 0 Å². The molecular weight excluding hydrogens is 719 g/mol. The van der Waals surface area contributed by atoms with Gasteiger partial charge in [-0.3, -0.25) is 0 Å². The Morgan fingerprint density at radius 3 is 2.11 bits per heavy atom. The number of rotatable bonds is 3. The second kappa shape index (κ2) is 13.1. The van der Waals surface area contributed by atoms with E-state index in [2.05, 4.69) is 105 Å². The van der Waals surface area contributed by atoms with E-state index in [1.807, 2.05) is 49.5 Å². The zero-order valence-electron chi connectivity index (χ0n) is 25.7. The van der Waals surface area contributed by atoms with Crippen LogP contribution in [0.5, 0.6) is 0 Å². The van der Waals surface area contributed by atoms with E-state index >= 15 is 0 Å². The van der Waals surface area contributed by atoms with Gasteiger partial charge in [-0.15, -0.1) is 53.6 Å². The van der Waals surface area contributed by atoms with Gasteiger partial charge in [0.15, 0.2) is 0 Å². The molecule has 0 atom stereocenters. The maximum Gasteiger partial charge on any atom is 0.216 e. The van der Waals surface area contributed by atoms with Crippen LogP contribution >= 0.6 is 0 Å². The average Bonchev–Trinajstić information content (AvgIpc) is 3.37. The summed E-state index contributed by atoms with van der Waals surface area (Å²) in [5, 5.41) is 2.04. The summed E-state index contributed by atoms with van der Waals surface area (Å²) in [6, 6.07) is 35.2. The first-order chi connectivity index (χ1) is 20.8. The Balaban J connectivity index is 0.000000204. The molecule has 0 amide bonds. The number of nitrogens with zero attached hydrogens (tertiary/aromatic N) is 3. The van der Waals surface area contributed by atoms with Crippen molar-refractivity contribution in [1.29, 1.82) is 0 Å². The number of aryl methyl sites for hydroxylation is 6. The van der Waals surface area contributed by atoms with Crippen molar-refractivity contribution < 1.29 is 24.5 Å². The zero-order chi connectivity index (χ0) is 30.1. The minimum atomic E-state index is 0. The van der Waals surface area contributed by atoms with Crippen molar-refractivity contribution in [2.75, 3.05) is 0 Å². The van der Waals surface area contributed by atoms with Crippen molar-refractivity contribution in [2.45, 2.75) is 41.5 Å². The second-order valence-corrected chi connectivity index (χ2v) is 11.1. The molecule has 44 heavy (non-hydrogen) atoms. The van der Waals surface area contributed by atoms with Crippen LogP contribution in [0.15, 0.2) is 95.5 Å². The largest absolute Gasteiger partial charge is 0.486 e. The molecule has 3 aromatic carbocycles. The van der Waals surface area contributed by atoms with Crippen LogP contribution in [0, 0.1) is 53.7 Å². The summed E-state index contributed by atoms with van der Waals surface area (Å²) < 4.78 is 6.24. The number of fused-ring (bicyclic) bond motifs is 3. The van der Waals surface area contributed by atoms with Gasteiger partial charge in [-0.05, 0) is 80.9 Å². The molecule has 0 saturated carbocycles. The monoisotopic (exact) mass is 752 g/mol. The number of hydrogen-bond acceptors (Lipinski definition) is 4. The van der Waals surface area contributed by atoms with Gasteiger partial charge < -0.3 is 14.4 Å². The third-order valence-electron chi connectivity index (χ3n) is 7.80. The maximum absolute atomic E-state index is 6.24. The van der Waals surface area contributed by atoms with Crippen LogP contribution in [0.2, 0.25) is 0 Å². The average molecular weight is 752 g/mol. The normalized spacial score (nSPS) is 10.8. The van der Waals surface area contributed by atoms with E-state index in [1.165, 1.54) is 27.8 Å². The molecule has 4 nitrogen and oxygen atoms in total. The molecule has 0 bridgehead atoms. The van der Waals surface area contributed by atoms with E-state index in [0.717, 1.165) is 55.8 Å². The first-order valence-electron chi connectivity index (χ1n) is 14.4. The van der Waals surface area contributed by atoms with E-state index in [1.54, 1.807) is 0 Å². The topological polar surface area (TPSA) is 51.8 Å². The van der Waals surface area contributed by atoms with Crippen molar-refractivity contribution >= 4 is 22.1 Å². The molecule has 4 aromatic heterocycles. The molecule has 5 heteroatoms. The number of pyridine rings is 3. The molecule has 0 spiro atoms. The van der Waals surface area contributed by atoms with Gasteiger partial charge >= 0.3 is 0 Å². The van der Waals surface area contributed by atoms with Gasteiger partial charge in [0.05, 0.1) is 11.3 Å². The van der Waals surface area contributed by atoms with Crippen LogP contribution in [-0.2, 0) is 20.1 Å². The molecule has 0 aliphatic carbocycles. The van der Waals surface area contributed by atoms with Gasteiger partial charge in [0.2, 0.25) is 5.71 Å². The Morgan fingerprint density at radius 2 is 1.41 bits per heavy atom. The fourth-order valence-electron chi connectivity index (χ4n) is 5.29. The second-order valence-electron chi connectivity index (χ2n) is 11.1. The van der Waals surface area contributed by atoms with Gasteiger partial charge in [0, 0.05) is 42.9 Å². The molecule has 0 aliphatic heterocycles. The van der Waals surface area contributed by atoms with E-state index < -0.39 is 0 Å². The van der Waals surface area contributed by atoms with Crippen molar-refractivity contribution in [3.8, 4) is 33.8 Å². The Labute approximate surface area is 272 Å². The molecule has 4 heterocycles. The van der Waals surface area contributed by atoms with Crippen molar-refractivity contribution in [2.24, 2.45) is 0 Å². The standard InChI is InChI=1S/C25H19N2O.C14H14N.Ir/c1-15-7-4-8-16(2)23(15)22-14-13-19-18-10-6-11-20(24(18)28-25(19)27-22)21-12-5-9-17(3)26-21;1-10-4-6-13(7-5-10)14-8-11(2)12(3)9-15-14;/h4-10,12-14H,1-3H3;4-6,8-9H,1-3H3;/q2*-1;. The molecular formula is C39H33IrN3O-2. The fraction of sp³-hybridized carbons (Fsp3) is 0.154. The Morgan fingerprint density at radius 1 is 0.636 bits per heavy atom. The Bertz CT molecular complexity index is 2070. The fourth-order valence-corrected chi connectivity index (χ4v) is 5.29. The summed E-state index contributed by atoms with van der Waals surface area (Å²) in [4.78, 5) is 13.9. The zero-order valence-corrected chi connectivity index (χ0v) is 28.1. The minimum absolute atomic E-state index is 0. The van der Waals surface area contributed by atoms with Crippen molar-refractivity contribution in [1.82, 2.24) is 15.0 Å². The number of benzene rings is 3. The first kappa shape index (κ1) is 31.0. The summed E-state index contributed by atoms with van der Waals surface area (Å²) in [5.74, 6) is 0.